The Kier molecular flexibility index (Phi) is 6.21. The Morgan fingerprint density at radius 2 is 1.79 bits per heavy atom. The van der Waals surface area contributed by atoms with E-state index in [4.69, 9.17) is 0 Å². The van der Waals surface area contributed by atoms with Gasteiger partial charge in [-0.25, -0.2) is 0 Å². The number of nitro benzene ring substituents is 1. The molecule has 0 fully saturated rings. The zero-order chi connectivity index (χ0) is 20.1. The van der Waals surface area contributed by atoms with Crippen LogP contribution in [-0.2, 0) is 11.3 Å². The van der Waals surface area contributed by atoms with Crippen molar-refractivity contribution in [2.75, 3.05) is 4.90 Å². The number of amides is 1. The molecule has 3 rings (SSSR count). The van der Waals surface area contributed by atoms with Gasteiger partial charge in [-0.05, 0) is 23.1 Å². The van der Waals surface area contributed by atoms with E-state index in [1.165, 1.54) is 12.1 Å². The van der Waals surface area contributed by atoms with Crippen molar-refractivity contribution in [1.29, 1.82) is 0 Å². The fourth-order valence-electron chi connectivity index (χ4n) is 2.91. The molecule has 28 heavy (non-hydrogen) atoms. The summed E-state index contributed by atoms with van der Waals surface area (Å²) in [6.07, 6.45) is 0.448. The third kappa shape index (κ3) is 4.84. The first-order valence-electron chi connectivity index (χ1n) is 9.11. The van der Waals surface area contributed by atoms with E-state index in [0.29, 0.717) is 13.0 Å². The fourth-order valence-corrected chi connectivity index (χ4v) is 3.81. The van der Waals surface area contributed by atoms with Crippen molar-refractivity contribution in [3.05, 3.63) is 81.7 Å². The number of anilines is 1. The molecule has 144 valence electrons. The van der Waals surface area contributed by atoms with Crippen LogP contribution in [0.4, 0.5) is 11.4 Å². The quantitative estimate of drug-likeness (QED) is 0.370. The van der Waals surface area contributed by atoms with Gasteiger partial charge < -0.3 is 4.90 Å². The molecule has 0 aliphatic heterocycles. The first kappa shape index (κ1) is 19.8. The number of nitrogens with zero attached hydrogens (tertiary/aromatic N) is 2. The summed E-state index contributed by atoms with van der Waals surface area (Å²) in [6.45, 7) is 4.42. The van der Waals surface area contributed by atoms with E-state index in [2.05, 4.69) is 0 Å². The van der Waals surface area contributed by atoms with Gasteiger partial charge in [-0.3, -0.25) is 14.9 Å². The van der Waals surface area contributed by atoms with Crippen molar-refractivity contribution in [2.45, 2.75) is 26.8 Å². The van der Waals surface area contributed by atoms with Crippen LogP contribution in [0.15, 0.2) is 66.0 Å². The molecule has 0 saturated carbocycles. The smallest absolute Gasteiger partial charge is 0.269 e. The lowest BCUT2D eigenvalue weighted by molar-refractivity contribution is -0.384. The monoisotopic (exact) mass is 394 g/mol. The molecule has 1 heterocycles. The van der Waals surface area contributed by atoms with Gasteiger partial charge in [0, 0.05) is 28.8 Å². The second-order valence-corrected chi connectivity index (χ2v) is 7.95. The summed E-state index contributed by atoms with van der Waals surface area (Å²) in [5, 5.41) is 12.9. The van der Waals surface area contributed by atoms with Crippen LogP contribution in [0.25, 0.3) is 10.4 Å². The van der Waals surface area contributed by atoms with Gasteiger partial charge in [-0.15, -0.1) is 11.3 Å². The number of carbonyl (C=O) groups is 1. The SMILES string of the molecule is CC(C)CC(=O)N(Cc1ccc([N+](=O)[O-])cc1)c1csc(-c2ccccc2)c1. The zero-order valence-corrected chi connectivity index (χ0v) is 16.7. The van der Waals surface area contributed by atoms with Gasteiger partial charge >= 0.3 is 0 Å². The fraction of sp³-hybridized carbons (Fsp3) is 0.227. The number of rotatable bonds is 7. The lowest BCUT2D eigenvalue weighted by Crippen LogP contribution is -2.30. The molecule has 0 bridgehead atoms. The molecule has 0 aliphatic carbocycles. The van der Waals surface area contributed by atoms with Crippen molar-refractivity contribution < 1.29 is 9.72 Å². The molecule has 6 heteroatoms. The first-order valence-corrected chi connectivity index (χ1v) is 9.99. The molecular weight excluding hydrogens is 372 g/mol. The minimum absolute atomic E-state index is 0.0469. The summed E-state index contributed by atoms with van der Waals surface area (Å²) >= 11 is 1.60. The van der Waals surface area contributed by atoms with Crippen LogP contribution >= 0.6 is 11.3 Å². The highest BCUT2D eigenvalue weighted by atomic mass is 32.1. The highest BCUT2D eigenvalue weighted by molar-refractivity contribution is 7.14. The molecule has 5 nitrogen and oxygen atoms in total. The molecule has 0 N–H and O–H groups in total. The molecule has 1 aromatic heterocycles. The van der Waals surface area contributed by atoms with Crippen LogP contribution in [0.5, 0.6) is 0 Å². The third-order valence-electron chi connectivity index (χ3n) is 4.33. The Balaban J connectivity index is 1.88. The van der Waals surface area contributed by atoms with E-state index in [-0.39, 0.29) is 17.5 Å². The van der Waals surface area contributed by atoms with Crippen LogP contribution in [-0.4, -0.2) is 10.8 Å². The average Bonchev–Trinajstić information content (AvgIpc) is 3.16. The second-order valence-electron chi connectivity index (χ2n) is 7.04. The molecule has 0 aliphatic rings. The largest absolute Gasteiger partial charge is 0.307 e. The molecule has 0 saturated heterocycles. The van der Waals surface area contributed by atoms with Gasteiger partial charge in [-0.2, -0.15) is 0 Å². The van der Waals surface area contributed by atoms with Gasteiger partial charge in [0.25, 0.3) is 5.69 Å². The molecule has 0 atom stereocenters. The third-order valence-corrected chi connectivity index (χ3v) is 5.29. The lowest BCUT2D eigenvalue weighted by atomic mass is 10.1. The van der Waals surface area contributed by atoms with Crippen molar-refractivity contribution in [3.63, 3.8) is 0 Å². The summed E-state index contributed by atoms with van der Waals surface area (Å²) in [4.78, 5) is 26.2. The Morgan fingerprint density at radius 1 is 1.11 bits per heavy atom. The highest BCUT2D eigenvalue weighted by Crippen LogP contribution is 2.33. The van der Waals surface area contributed by atoms with Crippen molar-refractivity contribution in [2.24, 2.45) is 5.92 Å². The summed E-state index contributed by atoms with van der Waals surface area (Å²) in [7, 11) is 0. The maximum atomic E-state index is 12.9. The number of non-ortho nitro benzene ring substituents is 1. The van der Waals surface area contributed by atoms with Crippen molar-refractivity contribution in [3.8, 4) is 10.4 Å². The van der Waals surface area contributed by atoms with Crippen LogP contribution in [0.3, 0.4) is 0 Å². The van der Waals surface area contributed by atoms with Gasteiger partial charge in [-0.1, -0.05) is 56.3 Å². The van der Waals surface area contributed by atoms with Crippen molar-refractivity contribution >= 4 is 28.6 Å². The molecule has 0 unspecified atom stereocenters. The summed E-state index contributed by atoms with van der Waals surface area (Å²) in [6, 6.07) is 18.5. The maximum Gasteiger partial charge on any atom is 0.269 e. The number of hydrogen-bond donors (Lipinski definition) is 0. The molecule has 2 aromatic carbocycles. The van der Waals surface area contributed by atoms with E-state index in [0.717, 1.165) is 21.7 Å². The highest BCUT2D eigenvalue weighted by Gasteiger charge is 2.19. The van der Waals surface area contributed by atoms with E-state index >= 15 is 0 Å². The first-order chi connectivity index (χ1) is 13.4. The number of carbonyl (C=O) groups excluding carboxylic acids is 1. The average molecular weight is 394 g/mol. The van der Waals surface area contributed by atoms with Gasteiger partial charge in [0.05, 0.1) is 17.2 Å². The van der Waals surface area contributed by atoms with Crippen LogP contribution in [0.2, 0.25) is 0 Å². The minimum atomic E-state index is -0.420. The standard InChI is InChI=1S/C22H22N2O3S/c1-16(2)12-22(25)23(14-17-8-10-19(11-9-17)24(26)27)20-13-21(28-15-20)18-6-4-3-5-7-18/h3-11,13,15-16H,12,14H2,1-2H3. The van der Waals surface area contributed by atoms with Crippen LogP contribution in [0.1, 0.15) is 25.8 Å². The van der Waals surface area contributed by atoms with Gasteiger partial charge in [0.1, 0.15) is 0 Å². The summed E-state index contributed by atoms with van der Waals surface area (Å²) < 4.78 is 0. The second kappa shape index (κ2) is 8.80. The number of benzene rings is 2. The van der Waals surface area contributed by atoms with Gasteiger partial charge in [0.2, 0.25) is 5.91 Å². The van der Waals surface area contributed by atoms with E-state index in [9.17, 15) is 14.9 Å². The van der Waals surface area contributed by atoms with Crippen LogP contribution < -0.4 is 4.90 Å². The Morgan fingerprint density at radius 3 is 2.39 bits per heavy atom. The minimum Gasteiger partial charge on any atom is -0.307 e. The van der Waals surface area contributed by atoms with E-state index < -0.39 is 4.92 Å². The molecule has 0 spiro atoms. The Bertz CT molecular complexity index is 949. The Hall–Kier alpha value is -2.99. The number of nitro groups is 1. The molecular formula is C22H22N2O3S. The predicted octanol–water partition coefficient (Wildman–Crippen LogP) is 5.90. The topological polar surface area (TPSA) is 63.5 Å². The van der Waals surface area contributed by atoms with Gasteiger partial charge in [0.15, 0.2) is 0 Å². The zero-order valence-electron chi connectivity index (χ0n) is 15.9. The molecule has 3 aromatic rings. The summed E-state index contributed by atoms with van der Waals surface area (Å²) in [5.41, 5.74) is 2.87. The molecule has 1 amide bonds. The normalized spacial score (nSPS) is 10.8. The molecule has 0 radical (unpaired) electrons. The van der Waals surface area contributed by atoms with E-state index in [1.807, 2.05) is 55.6 Å². The van der Waals surface area contributed by atoms with Crippen LogP contribution in [0, 0.1) is 16.0 Å². The summed E-state index contributed by atoms with van der Waals surface area (Å²) in [5.74, 6) is 0.296. The maximum absolute atomic E-state index is 12.9. The number of thiophene rings is 1. The van der Waals surface area contributed by atoms with Crippen molar-refractivity contribution in [1.82, 2.24) is 0 Å². The lowest BCUT2D eigenvalue weighted by Gasteiger charge is -2.22. The Labute approximate surface area is 168 Å². The number of hydrogen-bond acceptors (Lipinski definition) is 4. The predicted molar refractivity (Wildman–Crippen MR) is 113 cm³/mol. The van der Waals surface area contributed by atoms with E-state index in [1.54, 1.807) is 28.4 Å².